The lowest BCUT2D eigenvalue weighted by molar-refractivity contribution is -0.126. The highest BCUT2D eigenvalue weighted by Crippen LogP contribution is 2.21. The van der Waals surface area contributed by atoms with Crippen LogP contribution in [0.4, 0.5) is 4.39 Å². The summed E-state index contributed by atoms with van der Waals surface area (Å²) in [5.41, 5.74) is 0.382. The molecule has 1 fully saturated rings. The molecule has 0 saturated carbocycles. The van der Waals surface area contributed by atoms with Gasteiger partial charge in [-0.25, -0.2) is 4.39 Å². The van der Waals surface area contributed by atoms with Crippen LogP contribution in [0.3, 0.4) is 0 Å². The molecular weight excluding hydrogens is 315 g/mol. The van der Waals surface area contributed by atoms with Crippen molar-refractivity contribution in [3.05, 3.63) is 35.6 Å². The Labute approximate surface area is 140 Å². The van der Waals surface area contributed by atoms with E-state index in [1.54, 1.807) is 7.11 Å². The molecule has 0 spiro atoms. The Morgan fingerprint density at radius 1 is 1.25 bits per heavy atom. The summed E-state index contributed by atoms with van der Waals surface area (Å²) in [5, 5.41) is 5.46. The van der Waals surface area contributed by atoms with Crippen LogP contribution in [0, 0.1) is 11.7 Å². The van der Waals surface area contributed by atoms with Crippen LogP contribution >= 0.6 is 0 Å². The third-order valence-electron chi connectivity index (χ3n) is 4.03. The third-order valence-corrected chi connectivity index (χ3v) is 4.03. The SMILES string of the molecule is CO[C@H]1COCC[C@H]1CC(=O)NCCNC(=O)c1ccc(F)cc1. The van der Waals surface area contributed by atoms with E-state index in [0.29, 0.717) is 38.3 Å². The number of hydrogen-bond donors (Lipinski definition) is 2. The first kappa shape index (κ1) is 18.4. The minimum atomic E-state index is -0.388. The van der Waals surface area contributed by atoms with Gasteiger partial charge in [0, 0.05) is 38.8 Å². The van der Waals surface area contributed by atoms with E-state index in [-0.39, 0.29) is 29.7 Å². The van der Waals surface area contributed by atoms with Gasteiger partial charge in [0.2, 0.25) is 5.91 Å². The predicted molar refractivity (Wildman–Crippen MR) is 86.1 cm³/mol. The number of benzene rings is 1. The van der Waals surface area contributed by atoms with Gasteiger partial charge in [0.15, 0.2) is 0 Å². The summed E-state index contributed by atoms with van der Waals surface area (Å²) in [6.45, 7) is 1.81. The van der Waals surface area contributed by atoms with E-state index in [0.717, 1.165) is 6.42 Å². The van der Waals surface area contributed by atoms with Gasteiger partial charge in [-0.2, -0.15) is 0 Å². The Kier molecular flexibility index (Phi) is 7.14. The maximum atomic E-state index is 12.8. The number of ether oxygens (including phenoxy) is 2. The second kappa shape index (κ2) is 9.34. The van der Waals surface area contributed by atoms with Crippen LogP contribution in [0.5, 0.6) is 0 Å². The predicted octanol–water partition coefficient (Wildman–Crippen LogP) is 1.11. The molecule has 2 atom stereocenters. The first-order valence-corrected chi connectivity index (χ1v) is 8.01. The normalized spacial score (nSPS) is 20.4. The minimum Gasteiger partial charge on any atom is -0.379 e. The van der Waals surface area contributed by atoms with E-state index in [1.165, 1.54) is 24.3 Å². The Hall–Kier alpha value is -1.99. The highest BCUT2D eigenvalue weighted by molar-refractivity contribution is 5.94. The van der Waals surface area contributed by atoms with Gasteiger partial charge in [-0.1, -0.05) is 0 Å². The van der Waals surface area contributed by atoms with Gasteiger partial charge in [0.1, 0.15) is 5.82 Å². The molecule has 24 heavy (non-hydrogen) atoms. The Morgan fingerprint density at radius 3 is 2.67 bits per heavy atom. The fourth-order valence-electron chi connectivity index (χ4n) is 2.64. The molecule has 1 saturated heterocycles. The molecule has 1 aromatic rings. The average molecular weight is 338 g/mol. The molecule has 0 aliphatic carbocycles. The number of amides is 2. The zero-order valence-corrected chi connectivity index (χ0v) is 13.7. The van der Waals surface area contributed by atoms with Crippen LogP contribution in [-0.2, 0) is 14.3 Å². The summed E-state index contributed by atoms with van der Waals surface area (Å²) in [5.74, 6) is -0.605. The molecule has 6 nitrogen and oxygen atoms in total. The Morgan fingerprint density at radius 2 is 1.96 bits per heavy atom. The van der Waals surface area contributed by atoms with Crippen LogP contribution in [0.25, 0.3) is 0 Å². The largest absolute Gasteiger partial charge is 0.379 e. The third kappa shape index (κ3) is 5.58. The monoisotopic (exact) mass is 338 g/mol. The van der Waals surface area contributed by atoms with Crippen molar-refractivity contribution in [2.75, 3.05) is 33.4 Å². The van der Waals surface area contributed by atoms with Crippen molar-refractivity contribution >= 4 is 11.8 Å². The quantitative estimate of drug-likeness (QED) is 0.731. The molecule has 0 aromatic heterocycles. The number of rotatable bonds is 7. The van der Waals surface area contributed by atoms with E-state index in [1.807, 2.05) is 0 Å². The fraction of sp³-hybridized carbons (Fsp3) is 0.529. The Bertz CT molecular complexity index is 550. The zero-order valence-electron chi connectivity index (χ0n) is 13.7. The molecule has 2 N–H and O–H groups in total. The lowest BCUT2D eigenvalue weighted by Crippen LogP contribution is -2.39. The number of nitrogens with one attached hydrogen (secondary N) is 2. The van der Waals surface area contributed by atoms with E-state index >= 15 is 0 Å². The zero-order chi connectivity index (χ0) is 17.4. The number of carbonyl (C=O) groups excluding carboxylic acids is 2. The maximum Gasteiger partial charge on any atom is 0.251 e. The van der Waals surface area contributed by atoms with Crippen LogP contribution in [0.1, 0.15) is 23.2 Å². The smallest absolute Gasteiger partial charge is 0.251 e. The number of carbonyl (C=O) groups is 2. The van der Waals surface area contributed by atoms with E-state index in [4.69, 9.17) is 9.47 Å². The molecule has 1 heterocycles. The first-order valence-electron chi connectivity index (χ1n) is 8.01. The standard InChI is InChI=1S/C17H23FN2O4/c1-23-15-11-24-9-6-13(15)10-16(21)19-7-8-20-17(22)12-2-4-14(18)5-3-12/h2-5,13,15H,6-11H2,1H3,(H,19,21)(H,20,22)/t13-,15-/m0/s1. The van der Waals surface area contributed by atoms with Crippen LogP contribution in [0.2, 0.25) is 0 Å². The molecule has 1 aliphatic rings. The van der Waals surface area contributed by atoms with E-state index < -0.39 is 0 Å². The molecule has 7 heteroatoms. The summed E-state index contributed by atoms with van der Waals surface area (Å²) >= 11 is 0. The van der Waals surface area contributed by atoms with Gasteiger partial charge in [0.05, 0.1) is 12.7 Å². The Balaban J connectivity index is 1.65. The second-order valence-corrected chi connectivity index (χ2v) is 5.71. The lowest BCUT2D eigenvalue weighted by Gasteiger charge is -2.29. The molecule has 1 aromatic carbocycles. The molecular formula is C17H23FN2O4. The number of methoxy groups -OCH3 is 1. The van der Waals surface area contributed by atoms with Crippen molar-refractivity contribution in [1.29, 1.82) is 0 Å². The summed E-state index contributed by atoms with van der Waals surface area (Å²) in [4.78, 5) is 23.8. The van der Waals surface area contributed by atoms with Crippen molar-refractivity contribution in [1.82, 2.24) is 10.6 Å². The molecule has 0 unspecified atom stereocenters. The molecule has 2 amide bonds. The molecule has 0 radical (unpaired) electrons. The second-order valence-electron chi connectivity index (χ2n) is 5.71. The van der Waals surface area contributed by atoms with Crippen LogP contribution < -0.4 is 10.6 Å². The number of halogens is 1. The average Bonchev–Trinajstić information content (AvgIpc) is 2.59. The van der Waals surface area contributed by atoms with Crippen molar-refractivity contribution < 1.29 is 23.5 Å². The highest BCUT2D eigenvalue weighted by Gasteiger charge is 2.27. The minimum absolute atomic E-state index is 0.0531. The molecule has 1 aliphatic heterocycles. The fourth-order valence-corrected chi connectivity index (χ4v) is 2.64. The molecule has 132 valence electrons. The van der Waals surface area contributed by atoms with Crippen molar-refractivity contribution in [3.63, 3.8) is 0 Å². The van der Waals surface area contributed by atoms with Crippen molar-refractivity contribution in [2.24, 2.45) is 5.92 Å². The summed E-state index contributed by atoms with van der Waals surface area (Å²) in [6, 6.07) is 5.30. The van der Waals surface area contributed by atoms with Gasteiger partial charge < -0.3 is 20.1 Å². The summed E-state index contributed by atoms with van der Waals surface area (Å²) < 4.78 is 23.5. The summed E-state index contributed by atoms with van der Waals surface area (Å²) in [6.07, 6.45) is 1.13. The van der Waals surface area contributed by atoms with Gasteiger partial charge in [-0.3, -0.25) is 9.59 Å². The van der Waals surface area contributed by atoms with Gasteiger partial charge in [0.25, 0.3) is 5.91 Å². The highest BCUT2D eigenvalue weighted by atomic mass is 19.1. The summed E-state index contributed by atoms with van der Waals surface area (Å²) in [7, 11) is 1.62. The molecule has 0 bridgehead atoms. The topological polar surface area (TPSA) is 76.7 Å². The van der Waals surface area contributed by atoms with Crippen LogP contribution in [0.15, 0.2) is 24.3 Å². The van der Waals surface area contributed by atoms with Crippen molar-refractivity contribution in [2.45, 2.75) is 18.9 Å². The maximum absolute atomic E-state index is 12.8. The van der Waals surface area contributed by atoms with Gasteiger partial charge >= 0.3 is 0 Å². The van der Waals surface area contributed by atoms with E-state index in [2.05, 4.69) is 10.6 Å². The molecule has 2 rings (SSSR count). The van der Waals surface area contributed by atoms with Crippen LogP contribution in [-0.4, -0.2) is 51.3 Å². The lowest BCUT2D eigenvalue weighted by atomic mass is 9.93. The van der Waals surface area contributed by atoms with Gasteiger partial charge in [-0.05, 0) is 36.6 Å². The first-order chi connectivity index (χ1) is 11.6. The van der Waals surface area contributed by atoms with E-state index in [9.17, 15) is 14.0 Å². The van der Waals surface area contributed by atoms with Crippen molar-refractivity contribution in [3.8, 4) is 0 Å². The van der Waals surface area contributed by atoms with Gasteiger partial charge in [-0.15, -0.1) is 0 Å². The number of hydrogen-bond acceptors (Lipinski definition) is 4.